The quantitative estimate of drug-likeness (QED) is 0.427. The van der Waals surface area contributed by atoms with Crippen LogP contribution in [0, 0.1) is 28.6 Å². The molecule has 0 radical (unpaired) electrons. The average Bonchev–Trinajstić information content (AvgIpc) is 2.95. The molecule has 6 heteroatoms. The van der Waals surface area contributed by atoms with E-state index in [0.717, 1.165) is 18.4 Å². The lowest BCUT2D eigenvalue weighted by molar-refractivity contribution is -0.160. The SMILES string of the molecule is CC(C)(O)CCC[C@](C)(O)C1CC[C@@]2(O)C3=CC(=O)C4CC(O)C(O)CC4(C)C3CCC12C. The molecule has 3 saturated carbocycles. The second kappa shape index (κ2) is 7.86. The summed E-state index contributed by atoms with van der Waals surface area (Å²) in [5, 5.41) is 54.5. The van der Waals surface area contributed by atoms with E-state index < -0.39 is 39.8 Å². The molecule has 0 aromatic heterocycles. The molecule has 188 valence electrons. The first-order valence-electron chi connectivity index (χ1n) is 12.8. The summed E-state index contributed by atoms with van der Waals surface area (Å²) in [5.41, 5.74) is -3.15. The van der Waals surface area contributed by atoms with Crippen molar-refractivity contribution in [2.45, 2.75) is 121 Å². The third kappa shape index (κ3) is 3.85. The molecule has 0 heterocycles. The van der Waals surface area contributed by atoms with Crippen LogP contribution in [0.1, 0.15) is 92.4 Å². The number of allylic oxidation sites excluding steroid dienone is 1. The highest BCUT2D eigenvalue weighted by Gasteiger charge is 2.68. The minimum absolute atomic E-state index is 0.0145. The number of carbonyl (C=O) groups excluding carboxylic acids is 1. The number of hydrogen-bond donors (Lipinski definition) is 5. The Labute approximate surface area is 198 Å². The summed E-state index contributed by atoms with van der Waals surface area (Å²) in [6, 6.07) is 0. The normalized spacial score (nSPS) is 47.3. The van der Waals surface area contributed by atoms with Gasteiger partial charge in [-0.3, -0.25) is 4.79 Å². The van der Waals surface area contributed by atoms with E-state index in [2.05, 4.69) is 6.92 Å². The van der Waals surface area contributed by atoms with Crippen LogP contribution in [0.15, 0.2) is 11.6 Å². The Kier molecular flexibility index (Phi) is 6.03. The van der Waals surface area contributed by atoms with E-state index in [-0.39, 0.29) is 30.0 Å². The lowest BCUT2D eigenvalue weighted by Gasteiger charge is -2.60. The smallest absolute Gasteiger partial charge is 0.159 e. The number of rotatable bonds is 5. The Balaban J connectivity index is 1.64. The third-order valence-electron chi connectivity index (χ3n) is 10.3. The van der Waals surface area contributed by atoms with E-state index in [0.29, 0.717) is 38.5 Å². The predicted molar refractivity (Wildman–Crippen MR) is 125 cm³/mol. The summed E-state index contributed by atoms with van der Waals surface area (Å²) in [5.74, 6) is -0.509. The molecule has 3 fully saturated rings. The number of hydrogen-bond acceptors (Lipinski definition) is 6. The van der Waals surface area contributed by atoms with Crippen molar-refractivity contribution in [2.75, 3.05) is 0 Å². The van der Waals surface area contributed by atoms with Crippen molar-refractivity contribution in [3.63, 3.8) is 0 Å². The Morgan fingerprint density at radius 2 is 1.67 bits per heavy atom. The van der Waals surface area contributed by atoms with Crippen molar-refractivity contribution < 1.29 is 30.3 Å². The number of carbonyl (C=O) groups is 1. The molecular formula is C27H44O6. The molecule has 4 rings (SSSR count). The fraction of sp³-hybridized carbons (Fsp3) is 0.889. The van der Waals surface area contributed by atoms with Crippen LogP contribution in [0.4, 0.5) is 0 Å². The molecule has 0 spiro atoms. The van der Waals surface area contributed by atoms with Gasteiger partial charge in [0.1, 0.15) is 0 Å². The fourth-order valence-electron chi connectivity index (χ4n) is 8.42. The summed E-state index contributed by atoms with van der Waals surface area (Å²) in [6.45, 7) is 9.54. The Morgan fingerprint density at radius 1 is 1.00 bits per heavy atom. The molecule has 0 amide bonds. The van der Waals surface area contributed by atoms with Crippen LogP contribution >= 0.6 is 0 Å². The standard InChI is InChI=1S/C27H44O6/c1-23(2,31)9-6-10-26(5,32)22-8-12-27(33)17-13-19(28)18-14-20(29)21(30)15-24(18,3)16(17)7-11-25(22,27)4/h13,16,18,20-22,29-33H,6-12,14-15H2,1-5H3/t16?,18?,20?,21?,22?,24?,25?,26-,27+/m0/s1. The monoisotopic (exact) mass is 464 g/mol. The molecule has 0 aliphatic heterocycles. The molecule has 7 unspecified atom stereocenters. The molecular weight excluding hydrogens is 420 g/mol. The van der Waals surface area contributed by atoms with Crippen molar-refractivity contribution >= 4 is 5.78 Å². The van der Waals surface area contributed by atoms with E-state index in [1.54, 1.807) is 19.9 Å². The molecule has 4 aliphatic carbocycles. The molecule has 0 aromatic carbocycles. The van der Waals surface area contributed by atoms with Crippen LogP contribution < -0.4 is 0 Å². The molecule has 6 nitrogen and oxygen atoms in total. The summed E-state index contributed by atoms with van der Waals surface area (Å²) < 4.78 is 0. The summed E-state index contributed by atoms with van der Waals surface area (Å²) in [7, 11) is 0. The molecule has 9 atom stereocenters. The van der Waals surface area contributed by atoms with Gasteiger partial charge in [0.2, 0.25) is 0 Å². The van der Waals surface area contributed by atoms with Crippen LogP contribution in [0.3, 0.4) is 0 Å². The van der Waals surface area contributed by atoms with Gasteiger partial charge < -0.3 is 25.5 Å². The second-order valence-electron chi connectivity index (χ2n) is 13.1. The van der Waals surface area contributed by atoms with Crippen molar-refractivity contribution in [3.05, 3.63) is 11.6 Å². The van der Waals surface area contributed by atoms with E-state index >= 15 is 0 Å². The van der Waals surface area contributed by atoms with Crippen LogP contribution in [0.25, 0.3) is 0 Å². The van der Waals surface area contributed by atoms with Gasteiger partial charge in [-0.2, -0.15) is 0 Å². The number of aliphatic hydroxyl groups is 5. The minimum Gasteiger partial charge on any atom is -0.390 e. The zero-order chi connectivity index (χ0) is 24.6. The maximum absolute atomic E-state index is 13.2. The van der Waals surface area contributed by atoms with Crippen molar-refractivity contribution in [3.8, 4) is 0 Å². The van der Waals surface area contributed by atoms with Gasteiger partial charge in [-0.15, -0.1) is 0 Å². The molecule has 0 aromatic rings. The van der Waals surface area contributed by atoms with Gasteiger partial charge in [-0.05, 0) is 107 Å². The van der Waals surface area contributed by atoms with Gasteiger partial charge >= 0.3 is 0 Å². The van der Waals surface area contributed by atoms with Gasteiger partial charge in [0.25, 0.3) is 0 Å². The molecule has 4 aliphatic rings. The van der Waals surface area contributed by atoms with Gasteiger partial charge in [0.15, 0.2) is 5.78 Å². The van der Waals surface area contributed by atoms with Crippen LogP contribution in [0.5, 0.6) is 0 Å². The summed E-state index contributed by atoms with van der Waals surface area (Å²) >= 11 is 0. The zero-order valence-corrected chi connectivity index (χ0v) is 21.0. The lowest BCUT2D eigenvalue weighted by Crippen LogP contribution is -2.61. The topological polar surface area (TPSA) is 118 Å². The maximum Gasteiger partial charge on any atom is 0.159 e. The third-order valence-corrected chi connectivity index (χ3v) is 10.3. The molecule has 0 bridgehead atoms. The predicted octanol–water partition coefficient (Wildman–Crippen LogP) is 2.88. The maximum atomic E-state index is 13.2. The van der Waals surface area contributed by atoms with Gasteiger partial charge in [0, 0.05) is 11.3 Å². The molecule has 5 N–H and O–H groups in total. The molecule has 33 heavy (non-hydrogen) atoms. The van der Waals surface area contributed by atoms with E-state index in [4.69, 9.17) is 0 Å². The number of fused-ring (bicyclic) bond motifs is 5. The minimum atomic E-state index is -1.16. The molecule has 0 saturated heterocycles. The van der Waals surface area contributed by atoms with Crippen molar-refractivity contribution in [1.29, 1.82) is 0 Å². The van der Waals surface area contributed by atoms with E-state index in [1.165, 1.54) is 0 Å². The second-order valence-corrected chi connectivity index (χ2v) is 13.1. The first-order valence-corrected chi connectivity index (χ1v) is 12.8. The fourth-order valence-corrected chi connectivity index (χ4v) is 8.42. The number of ketones is 1. The Bertz CT molecular complexity index is 827. The van der Waals surface area contributed by atoms with Gasteiger partial charge in [0.05, 0.1) is 29.0 Å². The lowest BCUT2D eigenvalue weighted by atomic mass is 9.45. The van der Waals surface area contributed by atoms with Crippen LogP contribution in [0.2, 0.25) is 0 Å². The van der Waals surface area contributed by atoms with Crippen LogP contribution in [-0.4, -0.2) is 60.3 Å². The Morgan fingerprint density at radius 3 is 2.30 bits per heavy atom. The number of aliphatic hydroxyl groups excluding tert-OH is 2. The van der Waals surface area contributed by atoms with Gasteiger partial charge in [-0.25, -0.2) is 0 Å². The van der Waals surface area contributed by atoms with E-state index in [1.807, 2.05) is 13.8 Å². The van der Waals surface area contributed by atoms with Crippen molar-refractivity contribution in [2.24, 2.45) is 28.6 Å². The first kappa shape index (κ1) is 25.3. The first-order chi connectivity index (χ1) is 15.1. The largest absolute Gasteiger partial charge is 0.390 e. The highest BCUT2D eigenvalue weighted by atomic mass is 16.3. The summed E-state index contributed by atoms with van der Waals surface area (Å²) in [4.78, 5) is 13.2. The van der Waals surface area contributed by atoms with E-state index in [9.17, 15) is 30.3 Å². The average molecular weight is 465 g/mol. The summed E-state index contributed by atoms with van der Waals surface area (Å²) in [6.07, 6.45) is 5.14. The van der Waals surface area contributed by atoms with Gasteiger partial charge in [-0.1, -0.05) is 13.8 Å². The highest BCUT2D eigenvalue weighted by Crippen LogP contribution is 2.68. The Hall–Kier alpha value is -0.790. The highest BCUT2D eigenvalue weighted by molar-refractivity contribution is 5.95. The zero-order valence-electron chi connectivity index (χ0n) is 21.0. The van der Waals surface area contributed by atoms with Crippen molar-refractivity contribution in [1.82, 2.24) is 0 Å². The van der Waals surface area contributed by atoms with Crippen LogP contribution in [-0.2, 0) is 4.79 Å².